The standard InChI is InChI=1S/C22H24N4O5S2/c1-5-17-10-15(11-32-17)19-24-25-22(26(19)6-2)33-12-18(27)23-16-8-13(20(28)30-3)7-14(9-16)21(29)31-4/h7-11H,5-6,12H2,1-4H3,(H,23,27). The summed E-state index contributed by atoms with van der Waals surface area (Å²) in [5.74, 6) is -0.751. The summed E-state index contributed by atoms with van der Waals surface area (Å²) < 4.78 is 11.4. The molecule has 0 aliphatic heterocycles. The van der Waals surface area contributed by atoms with E-state index in [1.165, 1.54) is 49.1 Å². The number of rotatable bonds is 9. The molecule has 11 heteroatoms. The maximum absolute atomic E-state index is 12.6. The van der Waals surface area contributed by atoms with Crippen molar-refractivity contribution in [1.29, 1.82) is 0 Å². The van der Waals surface area contributed by atoms with Gasteiger partial charge < -0.3 is 19.4 Å². The average Bonchev–Trinajstić information content (AvgIpc) is 3.47. The molecule has 33 heavy (non-hydrogen) atoms. The first-order valence-electron chi connectivity index (χ1n) is 10.1. The Hall–Kier alpha value is -3.18. The van der Waals surface area contributed by atoms with E-state index >= 15 is 0 Å². The van der Waals surface area contributed by atoms with Crippen molar-refractivity contribution in [1.82, 2.24) is 14.8 Å². The number of hydrogen-bond donors (Lipinski definition) is 1. The van der Waals surface area contributed by atoms with Gasteiger partial charge >= 0.3 is 11.9 Å². The van der Waals surface area contributed by atoms with Gasteiger partial charge in [-0.1, -0.05) is 18.7 Å². The van der Waals surface area contributed by atoms with Gasteiger partial charge in [-0.05, 0) is 37.6 Å². The van der Waals surface area contributed by atoms with Crippen molar-refractivity contribution >= 4 is 46.6 Å². The highest BCUT2D eigenvalue weighted by Crippen LogP contribution is 2.28. The normalized spacial score (nSPS) is 10.7. The Morgan fingerprint density at radius 1 is 1.03 bits per heavy atom. The number of aryl methyl sites for hydroxylation is 1. The molecule has 1 amide bonds. The van der Waals surface area contributed by atoms with Crippen molar-refractivity contribution in [2.24, 2.45) is 0 Å². The van der Waals surface area contributed by atoms with Crippen LogP contribution < -0.4 is 5.32 Å². The Kier molecular flexibility index (Phi) is 8.23. The lowest BCUT2D eigenvalue weighted by molar-refractivity contribution is -0.113. The predicted molar refractivity (Wildman–Crippen MR) is 127 cm³/mol. The van der Waals surface area contributed by atoms with Gasteiger partial charge in [-0.25, -0.2) is 9.59 Å². The summed E-state index contributed by atoms with van der Waals surface area (Å²) in [6, 6.07) is 6.33. The second-order valence-electron chi connectivity index (χ2n) is 6.82. The summed E-state index contributed by atoms with van der Waals surface area (Å²) in [7, 11) is 2.47. The van der Waals surface area contributed by atoms with Crippen LogP contribution in [0.2, 0.25) is 0 Å². The molecule has 0 aliphatic rings. The van der Waals surface area contributed by atoms with Crippen LogP contribution in [0.3, 0.4) is 0 Å². The van der Waals surface area contributed by atoms with Gasteiger partial charge in [0.05, 0.1) is 31.1 Å². The number of thioether (sulfide) groups is 1. The van der Waals surface area contributed by atoms with E-state index in [0.717, 1.165) is 17.8 Å². The van der Waals surface area contributed by atoms with Gasteiger partial charge in [0.1, 0.15) is 0 Å². The Bertz CT molecular complexity index is 1140. The molecule has 0 spiro atoms. The molecule has 0 radical (unpaired) electrons. The minimum Gasteiger partial charge on any atom is -0.465 e. The van der Waals surface area contributed by atoms with E-state index in [1.807, 2.05) is 11.5 Å². The molecule has 2 aromatic heterocycles. The van der Waals surface area contributed by atoms with E-state index in [0.29, 0.717) is 11.7 Å². The Balaban J connectivity index is 1.73. The zero-order valence-electron chi connectivity index (χ0n) is 18.7. The number of esters is 2. The maximum atomic E-state index is 12.6. The van der Waals surface area contributed by atoms with Gasteiger partial charge in [-0.15, -0.1) is 21.5 Å². The minimum atomic E-state index is -0.631. The van der Waals surface area contributed by atoms with Crippen molar-refractivity contribution in [3.8, 4) is 11.4 Å². The van der Waals surface area contributed by atoms with Gasteiger partial charge in [0, 0.05) is 28.1 Å². The number of ether oxygens (including phenoxy) is 2. The fraction of sp³-hybridized carbons (Fsp3) is 0.318. The number of thiophene rings is 1. The molecule has 3 aromatic rings. The highest BCUT2D eigenvalue weighted by molar-refractivity contribution is 7.99. The summed E-state index contributed by atoms with van der Waals surface area (Å²) in [6.07, 6.45) is 0.960. The minimum absolute atomic E-state index is 0.0675. The number of anilines is 1. The molecule has 0 aliphatic carbocycles. The molecule has 0 saturated carbocycles. The van der Waals surface area contributed by atoms with Crippen LogP contribution in [0, 0.1) is 0 Å². The van der Waals surface area contributed by atoms with Crippen LogP contribution in [-0.2, 0) is 27.2 Å². The first kappa shape index (κ1) is 24.5. The monoisotopic (exact) mass is 488 g/mol. The molecular weight excluding hydrogens is 464 g/mol. The van der Waals surface area contributed by atoms with Gasteiger partial charge in [0.15, 0.2) is 11.0 Å². The van der Waals surface area contributed by atoms with Crippen LogP contribution in [-0.4, -0.2) is 52.6 Å². The molecule has 2 heterocycles. The molecule has 9 nitrogen and oxygen atoms in total. The van der Waals surface area contributed by atoms with Crippen molar-refractivity contribution < 1.29 is 23.9 Å². The van der Waals surface area contributed by atoms with Crippen LogP contribution in [0.15, 0.2) is 34.8 Å². The molecule has 3 rings (SSSR count). The second-order valence-corrected chi connectivity index (χ2v) is 8.76. The van der Waals surface area contributed by atoms with E-state index in [9.17, 15) is 14.4 Å². The van der Waals surface area contributed by atoms with Crippen LogP contribution in [0.4, 0.5) is 5.69 Å². The van der Waals surface area contributed by atoms with E-state index in [-0.39, 0.29) is 28.5 Å². The lowest BCUT2D eigenvalue weighted by atomic mass is 10.1. The molecular formula is C22H24N4O5S2. The maximum Gasteiger partial charge on any atom is 0.337 e. The van der Waals surface area contributed by atoms with Gasteiger partial charge in [0.25, 0.3) is 0 Å². The molecule has 0 atom stereocenters. The first-order chi connectivity index (χ1) is 15.9. The number of nitrogens with zero attached hydrogens (tertiary/aromatic N) is 3. The van der Waals surface area contributed by atoms with Gasteiger partial charge in [-0.2, -0.15) is 0 Å². The number of benzene rings is 1. The van der Waals surface area contributed by atoms with Crippen LogP contribution >= 0.6 is 23.1 Å². The molecule has 1 N–H and O–H groups in total. The lowest BCUT2D eigenvalue weighted by Crippen LogP contribution is -2.16. The van der Waals surface area contributed by atoms with Crippen LogP contribution in [0.5, 0.6) is 0 Å². The Morgan fingerprint density at radius 2 is 1.70 bits per heavy atom. The van der Waals surface area contributed by atoms with Gasteiger partial charge in [0.2, 0.25) is 5.91 Å². The summed E-state index contributed by atoms with van der Waals surface area (Å²) in [5.41, 5.74) is 1.55. The zero-order chi connectivity index (χ0) is 24.0. The van der Waals surface area contributed by atoms with Crippen molar-refractivity contribution in [3.63, 3.8) is 0 Å². The first-order valence-corrected chi connectivity index (χ1v) is 12.0. The quantitative estimate of drug-likeness (QED) is 0.357. The van der Waals surface area contributed by atoms with Crippen LogP contribution in [0.1, 0.15) is 39.4 Å². The average molecular weight is 489 g/mol. The second kappa shape index (κ2) is 11.1. The number of amides is 1. The Labute approximate surface area is 199 Å². The van der Waals surface area contributed by atoms with E-state index in [2.05, 4.69) is 33.9 Å². The van der Waals surface area contributed by atoms with E-state index in [4.69, 9.17) is 9.47 Å². The summed E-state index contributed by atoms with van der Waals surface area (Å²) >= 11 is 2.94. The molecule has 1 aromatic carbocycles. The SMILES string of the molecule is CCc1cc(-c2nnc(SCC(=O)Nc3cc(C(=O)OC)cc(C(=O)OC)c3)n2CC)cs1. The third kappa shape index (κ3) is 5.79. The highest BCUT2D eigenvalue weighted by atomic mass is 32.2. The van der Waals surface area contributed by atoms with Crippen molar-refractivity contribution in [3.05, 3.63) is 45.6 Å². The van der Waals surface area contributed by atoms with Crippen molar-refractivity contribution in [2.45, 2.75) is 32.0 Å². The summed E-state index contributed by atoms with van der Waals surface area (Å²) in [6.45, 7) is 4.76. The van der Waals surface area contributed by atoms with Gasteiger partial charge in [-0.3, -0.25) is 4.79 Å². The number of carbonyl (C=O) groups is 3. The largest absolute Gasteiger partial charge is 0.465 e. The van der Waals surface area contributed by atoms with Crippen LogP contribution in [0.25, 0.3) is 11.4 Å². The third-order valence-electron chi connectivity index (χ3n) is 4.68. The summed E-state index contributed by atoms with van der Waals surface area (Å²) in [5, 5.41) is 14.0. The topological polar surface area (TPSA) is 112 Å². The molecule has 0 bridgehead atoms. The Morgan fingerprint density at radius 3 is 2.24 bits per heavy atom. The molecule has 174 valence electrons. The number of aromatic nitrogens is 3. The zero-order valence-corrected chi connectivity index (χ0v) is 20.3. The fourth-order valence-electron chi connectivity index (χ4n) is 3.08. The third-order valence-corrected chi connectivity index (χ3v) is 6.73. The smallest absolute Gasteiger partial charge is 0.337 e. The fourth-order valence-corrected chi connectivity index (χ4v) is 4.69. The number of methoxy groups -OCH3 is 2. The van der Waals surface area contributed by atoms with E-state index in [1.54, 1.807) is 11.3 Å². The van der Waals surface area contributed by atoms with Crippen molar-refractivity contribution in [2.75, 3.05) is 25.3 Å². The molecule has 0 fully saturated rings. The number of hydrogen-bond acceptors (Lipinski definition) is 9. The molecule has 0 saturated heterocycles. The van der Waals surface area contributed by atoms with E-state index < -0.39 is 11.9 Å². The lowest BCUT2D eigenvalue weighted by Gasteiger charge is -2.10. The number of carbonyl (C=O) groups excluding carboxylic acids is 3. The number of nitrogens with one attached hydrogen (secondary N) is 1. The summed E-state index contributed by atoms with van der Waals surface area (Å²) in [4.78, 5) is 37.7. The predicted octanol–water partition coefficient (Wildman–Crippen LogP) is 3.89. The molecule has 0 unspecified atom stereocenters. The highest BCUT2D eigenvalue weighted by Gasteiger charge is 2.18.